The Morgan fingerprint density at radius 1 is 1.33 bits per heavy atom. The van der Waals surface area contributed by atoms with Crippen LogP contribution in [0.15, 0.2) is 18.2 Å². The second-order valence-electron chi connectivity index (χ2n) is 3.12. The van der Waals surface area contributed by atoms with Crippen molar-refractivity contribution in [2.24, 2.45) is 0 Å². The van der Waals surface area contributed by atoms with Crippen molar-refractivity contribution < 1.29 is 14.4 Å². The van der Waals surface area contributed by atoms with Gasteiger partial charge in [-0.3, -0.25) is 14.4 Å². The number of anilines is 1. The number of carbonyl (C=O) groups excluding carboxylic acids is 3. The molecule has 5 nitrogen and oxygen atoms in total. The van der Waals surface area contributed by atoms with Crippen LogP contribution in [0, 0.1) is 0 Å². The maximum absolute atomic E-state index is 11.3. The summed E-state index contributed by atoms with van der Waals surface area (Å²) in [5.41, 5.74) is 1.07. The maximum Gasteiger partial charge on any atom is 0.296 e. The van der Waals surface area contributed by atoms with Gasteiger partial charge in [-0.1, -0.05) is 0 Å². The van der Waals surface area contributed by atoms with Gasteiger partial charge in [-0.15, -0.1) is 0 Å². The minimum absolute atomic E-state index is 0.251. The molecule has 2 N–H and O–H groups in total. The van der Waals surface area contributed by atoms with Gasteiger partial charge >= 0.3 is 0 Å². The van der Waals surface area contributed by atoms with E-state index in [1.165, 1.54) is 13.1 Å². The number of hydrogen-bond donors (Lipinski definition) is 2. The van der Waals surface area contributed by atoms with Crippen molar-refractivity contribution in [3.63, 3.8) is 0 Å². The van der Waals surface area contributed by atoms with Crippen molar-refractivity contribution in [2.45, 2.75) is 0 Å². The Labute approximate surface area is 85.5 Å². The lowest BCUT2D eigenvalue weighted by molar-refractivity contribution is -0.112. The fourth-order valence-electron chi connectivity index (χ4n) is 1.43. The Morgan fingerprint density at radius 3 is 2.73 bits per heavy atom. The van der Waals surface area contributed by atoms with Gasteiger partial charge in [0.2, 0.25) is 0 Å². The molecule has 1 heterocycles. The molecule has 0 saturated carbocycles. The summed E-state index contributed by atoms with van der Waals surface area (Å²) < 4.78 is 0. The molecular formula is C10H8N2O3. The Hall–Kier alpha value is -2.17. The van der Waals surface area contributed by atoms with E-state index in [1.54, 1.807) is 12.1 Å². The topological polar surface area (TPSA) is 75.3 Å². The van der Waals surface area contributed by atoms with Gasteiger partial charge in [0.25, 0.3) is 17.6 Å². The molecule has 0 aromatic heterocycles. The second-order valence-corrected chi connectivity index (χ2v) is 3.12. The molecular weight excluding hydrogens is 196 g/mol. The lowest BCUT2D eigenvalue weighted by Gasteiger charge is -2.01. The van der Waals surface area contributed by atoms with Crippen molar-refractivity contribution in [3.8, 4) is 0 Å². The predicted molar refractivity (Wildman–Crippen MR) is 52.8 cm³/mol. The number of amides is 2. The van der Waals surface area contributed by atoms with Gasteiger partial charge < -0.3 is 10.6 Å². The average molecular weight is 204 g/mol. The number of carbonyl (C=O) groups is 3. The van der Waals surface area contributed by atoms with E-state index in [4.69, 9.17) is 0 Å². The molecule has 0 radical (unpaired) electrons. The summed E-state index contributed by atoms with van der Waals surface area (Å²) in [6.45, 7) is 0. The van der Waals surface area contributed by atoms with Crippen molar-refractivity contribution >= 4 is 23.3 Å². The van der Waals surface area contributed by atoms with Crippen molar-refractivity contribution in [1.82, 2.24) is 5.32 Å². The number of ketones is 1. The molecule has 2 amide bonds. The summed E-state index contributed by atoms with van der Waals surface area (Å²) in [6.07, 6.45) is 0. The van der Waals surface area contributed by atoms with E-state index in [0.29, 0.717) is 11.3 Å². The predicted octanol–water partition coefficient (Wildman–Crippen LogP) is 0.181. The van der Waals surface area contributed by atoms with E-state index in [1.807, 2.05) is 0 Å². The van der Waals surface area contributed by atoms with E-state index in [2.05, 4.69) is 10.6 Å². The highest BCUT2D eigenvalue weighted by molar-refractivity contribution is 6.51. The van der Waals surface area contributed by atoms with Crippen LogP contribution in [0.1, 0.15) is 20.7 Å². The zero-order chi connectivity index (χ0) is 11.0. The first-order valence-corrected chi connectivity index (χ1v) is 4.35. The molecule has 0 unspecified atom stereocenters. The molecule has 2 rings (SSSR count). The van der Waals surface area contributed by atoms with Crippen LogP contribution in [0.3, 0.4) is 0 Å². The Bertz CT molecular complexity index is 480. The van der Waals surface area contributed by atoms with Crippen LogP contribution < -0.4 is 10.6 Å². The van der Waals surface area contributed by atoms with E-state index < -0.39 is 11.7 Å². The monoisotopic (exact) mass is 204 g/mol. The van der Waals surface area contributed by atoms with E-state index in [0.717, 1.165) is 0 Å². The van der Waals surface area contributed by atoms with Gasteiger partial charge in [0.05, 0.1) is 11.3 Å². The fourth-order valence-corrected chi connectivity index (χ4v) is 1.43. The summed E-state index contributed by atoms with van der Waals surface area (Å²) in [7, 11) is 1.50. The van der Waals surface area contributed by atoms with Gasteiger partial charge in [-0.25, -0.2) is 0 Å². The SMILES string of the molecule is CNC(=O)c1ccc2c(c1)C(=O)C(=O)N2. The number of hydrogen-bond acceptors (Lipinski definition) is 3. The van der Waals surface area contributed by atoms with Crippen LogP contribution in [0.2, 0.25) is 0 Å². The first-order chi connectivity index (χ1) is 7.13. The van der Waals surface area contributed by atoms with E-state index in [9.17, 15) is 14.4 Å². The third-order valence-corrected chi connectivity index (χ3v) is 2.21. The molecule has 1 aliphatic rings. The largest absolute Gasteiger partial charge is 0.355 e. The average Bonchev–Trinajstić information content (AvgIpc) is 2.54. The molecule has 1 aromatic rings. The quantitative estimate of drug-likeness (QED) is 0.641. The number of rotatable bonds is 1. The zero-order valence-corrected chi connectivity index (χ0v) is 7.96. The van der Waals surface area contributed by atoms with Crippen LogP contribution in [-0.2, 0) is 4.79 Å². The molecule has 1 aromatic carbocycles. The summed E-state index contributed by atoms with van der Waals surface area (Å²) in [4.78, 5) is 33.6. The first kappa shape index (κ1) is 9.39. The van der Waals surface area contributed by atoms with Crippen LogP contribution in [0.5, 0.6) is 0 Å². The first-order valence-electron chi connectivity index (χ1n) is 4.35. The minimum Gasteiger partial charge on any atom is -0.355 e. The van der Waals surface area contributed by atoms with Gasteiger partial charge in [-0.05, 0) is 18.2 Å². The summed E-state index contributed by atoms with van der Waals surface area (Å²) in [5, 5.41) is 4.85. The molecule has 0 saturated heterocycles. The van der Waals surface area contributed by atoms with Crippen LogP contribution in [0.4, 0.5) is 5.69 Å². The van der Waals surface area contributed by atoms with E-state index >= 15 is 0 Å². The van der Waals surface area contributed by atoms with Crippen molar-refractivity contribution in [1.29, 1.82) is 0 Å². The molecule has 0 bridgehead atoms. The highest BCUT2D eigenvalue weighted by Crippen LogP contribution is 2.23. The molecule has 0 aliphatic carbocycles. The highest BCUT2D eigenvalue weighted by atomic mass is 16.2. The lowest BCUT2D eigenvalue weighted by Crippen LogP contribution is -2.18. The zero-order valence-electron chi connectivity index (χ0n) is 7.96. The third kappa shape index (κ3) is 1.38. The molecule has 0 atom stereocenters. The molecule has 0 spiro atoms. The number of Topliss-reactive ketones (excluding diaryl/α,β-unsaturated/α-hetero) is 1. The summed E-state index contributed by atoms with van der Waals surface area (Å²) in [6, 6.07) is 4.51. The smallest absolute Gasteiger partial charge is 0.296 e. The number of fused-ring (bicyclic) bond motifs is 1. The summed E-state index contributed by atoms with van der Waals surface area (Å²) >= 11 is 0. The normalized spacial score (nSPS) is 13.4. The number of nitrogens with one attached hydrogen (secondary N) is 2. The molecule has 76 valence electrons. The maximum atomic E-state index is 11.3. The molecule has 15 heavy (non-hydrogen) atoms. The van der Waals surface area contributed by atoms with Crippen LogP contribution >= 0.6 is 0 Å². The lowest BCUT2D eigenvalue weighted by atomic mass is 10.1. The fraction of sp³-hybridized carbons (Fsp3) is 0.100. The third-order valence-electron chi connectivity index (χ3n) is 2.21. The Morgan fingerprint density at radius 2 is 2.07 bits per heavy atom. The number of benzene rings is 1. The van der Waals surface area contributed by atoms with E-state index in [-0.39, 0.29) is 11.5 Å². The molecule has 1 aliphatic heterocycles. The van der Waals surface area contributed by atoms with Crippen LogP contribution in [-0.4, -0.2) is 24.6 Å². The van der Waals surface area contributed by atoms with Gasteiger partial charge in [0.15, 0.2) is 0 Å². The van der Waals surface area contributed by atoms with Gasteiger partial charge in [0, 0.05) is 12.6 Å². The highest BCUT2D eigenvalue weighted by Gasteiger charge is 2.28. The van der Waals surface area contributed by atoms with Crippen molar-refractivity contribution in [3.05, 3.63) is 29.3 Å². The summed E-state index contributed by atoms with van der Waals surface area (Å²) in [5.74, 6) is -1.54. The van der Waals surface area contributed by atoms with Gasteiger partial charge in [-0.2, -0.15) is 0 Å². The Balaban J connectivity index is 2.48. The van der Waals surface area contributed by atoms with Gasteiger partial charge in [0.1, 0.15) is 0 Å². The second kappa shape index (κ2) is 3.20. The molecule has 0 fully saturated rings. The van der Waals surface area contributed by atoms with Crippen molar-refractivity contribution in [2.75, 3.05) is 12.4 Å². The minimum atomic E-state index is -0.654. The standard InChI is InChI=1S/C10H8N2O3/c1-11-9(14)5-2-3-7-6(4-5)8(13)10(15)12-7/h2-4H,1H3,(H,11,14)(H,12,13,15). The molecule has 5 heteroatoms. The van der Waals surface area contributed by atoms with Crippen LogP contribution in [0.25, 0.3) is 0 Å². The Kier molecular flexibility index (Phi) is 2.00.